The van der Waals surface area contributed by atoms with Gasteiger partial charge in [0.25, 0.3) is 0 Å². The van der Waals surface area contributed by atoms with Crippen LogP contribution in [0.1, 0.15) is 4.88 Å². The Bertz CT molecular complexity index is 784. The second-order valence-corrected chi connectivity index (χ2v) is 4.65. The van der Waals surface area contributed by atoms with Gasteiger partial charge in [-0.3, -0.25) is 14.8 Å². The molecular formula is C12H8N2O2S. The Hall–Kier alpha value is -2.14. The second kappa shape index (κ2) is 3.71. The molecule has 1 aliphatic heterocycles. The maximum absolute atomic E-state index is 11.0. The highest BCUT2D eigenvalue weighted by molar-refractivity contribution is 7.10. The molecular weight excluding hydrogens is 236 g/mol. The first-order valence-corrected chi connectivity index (χ1v) is 5.82. The van der Waals surface area contributed by atoms with Gasteiger partial charge in [-0.15, -0.1) is 0 Å². The molecule has 0 atom stereocenters. The quantitative estimate of drug-likeness (QED) is 0.765. The minimum atomic E-state index is -0.263. The largest absolute Gasteiger partial charge is 0.493 e. The zero-order chi connectivity index (χ0) is 11.8. The third-order valence-electron chi connectivity index (χ3n) is 2.48. The highest BCUT2D eigenvalue weighted by Crippen LogP contribution is 2.16. The van der Waals surface area contributed by atoms with Crippen LogP contribution in [-0.2, 0) is 0 Å². The van der Waals surface area contributed by atoms with Gasteiger partial charge in [0.05, 0.1) is 10.6 Å². The first-order chi connectivity index (χ1) is 8.22. The van der Waals surface area contributed by atoms with Crippen LogP contribution in [0.15, 0.2) is 28.0 Å². The van der Waals surface area contributed by atoms with Crippen LogP contribution in [0.25, 0.3) is 12.2 Å². The first-order valence-electron chi connectivity index (χ1n) is 5.01. The van der Waals surface area contributed by atoms with E-state index in [1.807, 2.05) is 24.3 Å². The molecule has 5 heteroatoms. The van der Waals surface area contributed by atoms with Crippen molar-refractivity contribution in [3.63, 3.8) is 0 Å². The molecule has 0 aliphatic carbocycles. The summed E-state index contributed by atoms with van der Waals surface area (Å²) in [5.74, 6) is -0.0874. The Morgan fingerprint density at radius 2 is 2.29 bits per heavy atom. The molecule has 2 heterocycles. The summed E-state index contributed by atoms with van der Waals surface area (Å²) in [4.78, 5) is 17.8. The lowest BCUT2D eigenvalue weighted by molar-refractivity contribution is 0.455. The number of aromatic amines is 1. The maximum atomic E-state index is 11.0. The highest BCUT2D eigenvalue weighted by Gasteiger charge is 2.03. The summed E-state index contributed by atoms with van der Waals surface area (Å²) in [7, 11) is 0. The van der Waals surface area contributed by atoms with Gasteiger partial charge in [-0.25, -0.2) is 0 Å². The van der Waals surface area contributed by atoms with Crippen LogP contribution in [0, 0.1) is 0 Å². The molecule has 4 nitrogen and oxygen atoms in total. The normalized spacial score (nSPS) is 13.8. The molecule has 2 N–H and O–H groups in total. The van der Waals surface area contributed by atoms with E-state index < -0.39 is 0 Å². The number of aliphatic imine (C=N–C) groups is 1. The van der Waals surface area contributed by atoms with Crippen LogP contribution in [0.5, 0.6) is 5.88 Å². The first kappa shape index (κ1) is 10.0. The Kier molecular flexibility index (Phi) is 2.19. The number of benzene rings is 1. The van der Waals surface area contributed by atoms with Gasteiger partial charge in [-0.05, 0) is 23.4 Å². The lowest BCUT2D eigenvalue weighted by Gasteiger charge is -1.92. The number of fused-ring (bicyclic) bond motifs is 1. The number of aromatic hydroxyl groups is 1. The topological polar surface area (TPSA) is 65.5 Å². The molecule has 84 valence electrons. The van der Waals surface area contributed by atoms with Crippen LogP contribution >= 0.6 is 11.3 Å². The van der Waals surface area contributed by atoms with Crippen LogP contribution < -0.4 is 15.3 Å². The number of H-pyrrole nitrogens is 1. The predicted molar refractivity (Wildman–Crippen MR) is 68.5 cm³/mol. The van der Waals surface area contributed by atoms with Crippen molar-refractivity contribution >= 4 is 35.4 Å². The van der Waals surface area contributed by atoms with E-state index in [1.165, 1.54) is 0 Å². The van der Waals surface area contributed by atoms with Crippen molar-refractivity contribution in [2.24, 2.45) is 4.99 Å². The Labute approximate surface area is 99.9 Å². The zero-order valence-electron chi connectivity index (χ0n) is 8.68. The minimum absolute atomic E-state index is 0.0874. The molecule has 0 saturated carbocycles. The molecule has 0 radical (unpaired) electrons. The predicted octanol–water partition coefficient (Wildman–Crippen LogP) is 0.467. The number of thiazole rings is 1. The van der Waals surface area contributed by atoms with Gasteiger partial charge < -0.3 is 5.11 Å². The number of rotatable bonds is 1. The summed E-state index contributed by atoms with van der Waals surface area (Å²) < 4.78 is 0. The molecule has 0 amide bonds. The summed E-state index contributed by atoms with van der Waals surface area (Å²) in [6, 6.07) is 5.80. The summed E-state index contributed by atoms with van der Waals surface area (Å²) >= 11 is 0.980. The maximum Gasteiger partial charge on any atom is 0.307 e. The van der Waals surface area contributed by atoms with Crippen LogP contribution in [0.3, 0.4) is 0 Å². The van der Waals surface area contributed by atoms with Crippen molar-refractivity contribution < 1.29 is 5.11 Å². The summed E-state index contributed by atoms with van der Waals surface area (Å²) in [5, 5.41) is 11.5. The molecule has 3 rings (SSSR count). The van der Waals surface area contributed by atoms with Gasteiger partial charge >= 0.3 is 4.87 Å². The molecule has 1 aromatic heterocycles. The third-order valence-corrected chi connectivity index (χ3v) is 3.30. The fourth-order valence-corrected chi connectivity index (χ4v) is 2.37. The van der Waals surface area contributed by atoms with E-state index in [1.54, 1.807) is 12.3 Å². The number of aromatic nitrogens is 1. The average Bonchev–Trinajstić information content (AvgIpc) is 2.85. The van der Waals surface area contributed by atoms with E-state index in [-0.39, 0.29) is 10.8 Å². The van der Waals surface area contributed by atoms with E-state index in [9.17, 15) is 9.90 Å². The molecule has 0 fully saturated rings. The molecule has 17 heavy (non-hydrogen) atoms. The monoisotopic (exact) mass is 244 g/mol. The van der Waals surface area contributed by atoms with Gasteiger partial charge in [0.15, 0.2) is 0 Å². The van der Waals surface area contributed by atoms with Crippen molar-refractivity contribution in [2.75, 3.05) is 0 Å². The van der Waals surface area contributed by atoms with Crippen LogP contribution in [-0.4, -0.2) is 16.3 Å². The van der Waals surface area contributed by atoms with E-state index in [2.05, 4.69) is 9.98 Å². The number of nitrogens with one attached hydrogen (secondary N) is 1. The number of nitrogens with zero attached hydrogens (tertiary/aromatic N) is 1. The van der Waals surface area contributed by atoms with E-state index in [0.29, 0.717) is 4.88 Å². The lowest BCUT2D eigenvalue weighted by Crippen LogP contribution is -2.06. The Balaban J connectivity index is 2.17. The van der Waals surface area contributed by atoms with Gasteiger partial charge in [0, 0.05) is 11.4 Å². The summed E-state index contributed by atoms with van der Waals surface area (Å²) in [5.41, 5.74) is 0.904. The average molecular weight is 244 g/mol. The van der Waals surface area contributed by atoms with E-state index >= 15 is 0 Å². The van der Waals surface area contributed by atoms with E-state index in [4.69, 9.17) is 0 Å². The van der Waals surface area contributed by atoms with Gasteiger partial charge in [0.2, 0.25) is 5.88 Å². The SMILES string of the molecule is O=c1[nH]c(O)c(C=c2ccc3c(c2)N=CC=3)s1. The van der Waals surface area contributed by atoms with Gasteiger partial charge in [0.1, 0.15) is 0 Å². The number of hydrogen-bond donors (Lipinski definition) is 2. The van der Waals surface area contributed by atoms with Crippen LogP contribution in [0.2, 0.25) is 0 Å². The van der Waals surface area contributed by atoms with Crippen LogP contribution in [0.4, 0.5) is 5.69 Å². The molecule has 0 saturated heterocycles. The third kappa shape index (κ3) is 1.81. The van der Waals surface area contributed by atoms with Crippen molar-refractivity contribution in [1.29, 1.82) is 0 Å². The summed E-state index contributed by atoms with van der Waals surface area (Å²) in [6.45, 7) is 0. The minimum Gasteiger partial charge on any atom is -0.493 e. The molecule has 2 aromatic rings. The zero-order valence-corrected chi connectivity index (χ0v) is 9.49. The van der Waals surface area contributed by atoms with Gasteiger partial charge in [-0.1, -0.05) is 23.5 Å². The lowest BCUT2D eigenvalue weighted by atomic mass is 10.2. The molecule has 1 aromatic carbocycles. The van der Waals surface area contributed by atoms with Crippen molar-refractivity contribution in [2.45, 2.75) is 0 Å². The van der Waals surface area contributed by atoms with Crippen molar-refractivity contribution in [1.82, 2.24) is 4.98 Å². The smallest absolute Gasteiger partial charge is 0.307 e. The van der Waals surface area contributed by atoms with Crippen molar-refractivity contribution in [3.8, 4) is 5.88 Å². The van der Waals surface area contributed by atoms with Crippen molar-refractivity contribution in [3.05, 3.63) is 43.2 Å². The fourth-order valence-electron chi connectivity index (χ4n) is 1.68. The standard InChI is InChI=1S/C12H8N2O2S/c15-11-10(17-12(16)14-11)6-7-1-2-8-3-4-13-9(8)5-7/h1-6,15H,(H,14,16). The molecule has 0 unspecified atom stereocenters. The van der Waals surface area contributed by atoms with E-state index in [0.717, 1.165) is 27.5 Å². The van der Waals surface area contributed by atoms with Gasteiger partial charge in [-0.2, -0.15) is 0 Å². The molecule has 1 aliphatic rings. The fraction of sp³-hybridized carbons (Fsp3) is 0. The molecule has 0 bridgehead atoms. The molecule has 0 spiro atoms. The Morgan fingerprint density at radius 1 is 1.41 bits per heavy atom. The Morgan fingerprint density at radius 3 is 3.06 bits per heavy atom. The highest BCUT2D eigenvalue weighted by atomic mass is 32.1. The second-order valence-electron chi connectivity index (χ2n) is 3.63. The number of hydrogen-bond acceptors (Lipinski definition) is 4. The summed E-state index contributed by atoms with van der Waals surface area (Å²) in [6.07, 6.45) is 5.44.